The molecule has 1 rings (SSSR count). The molecule has 0 spiro atoms. The third-order valence-electron chi connectivity index (χ3n) is 4.65. The first-order valence-corrected chi connectivity index (χ1v) is 8.91. The van der Waals surface area contributed by atoms with Gasteiger partial charge in [-0.05, 0) is 51.9 Å². The van der Waals surface area contributed by atoms with Gasteiger partial charge in [0.05, 0.1) is 12.7 Å². The molecule has 128 valence electrons. The maximum atomic E-state index is 12.0. The van der Waals surface area contributed by atoms with Gasteiger partial charge in [-0.25, -0.2) is 0 Å². The lowest BCUT2D eigenvalue weighted by atomic mass is 9.86. The first-order valence-electron chi connectivity index (χ1n) is 8.91. The van der Waals surface area contributed by atoms with Gasteiger partial charge in [-0.1, -0.05) is 19.3 Å². The van der Waals surface area contributed by atoms with Gasteiger partial charge >= 0.3 is 5.97 Å². The quantitative estimate of drug-likeness (QED) is 0.467. The largest absolute Gasteiger partial charge is 0.466 e. The van der Waals surface area contributed by atoms with Gasteiger partial charge in [-0.15, -0.1) is 0 Å². The van der Waals surface area contributed by atoms with Gasteiger partial charge in [-0.3, -0.25) is 9.59 Å². The number of hydrogen-bond donors (Lipinski definition) is 1. The van der Waals surface area contributed by atoms with Gasteiger partial charge in [0.15, 0.2) is 0 Å². The molecule has 1 unspecified atom stereocenters. The summed E-state index contributed by atoms with van der Waals surface area (Å²) < 4.78 is 4.90. The van der Waals surface area contributed by atoms with Crippen molar-refractivity contribution in [2.45, 2.75) is 84.2 Å². The molecule has 0 aromatic heterocycles. The molecular formula is C18H32O4. The van der Waals surface area contributed by atoms with Crippen molar-refractivity contribution in [2.75, 3.05) is 6.61 Å². The molecule has 0 bridgehead atoms. The molecule has 0 aliphatic heterocycles. The van der Waals surface area contributed by atoms with Crippen LogP contribution in [0.15, 0.2) is 0 Å². The van der Waals surface area contributed by atoms with Crippen LogP contribution in [-0.2, 0) is 14.3 Å². The Morgan fingerprint density at radius 1 is 1.27 bits per heavy atom. The summed E-state index contributed by atoms with van der Waals surface area (Å²) >= 11 is 0. The molecule has 1 saturated carbocycles. The Hall–Kier alpha value is -0.900. The number of ether oxygens (including phenoxy) is 1. The zero-order valence-electron chi connectivity index (χ0n) is 14.2. The van der Waals surface area contributed by atoms with Gasteiger partial charge in [-0.2, -0.15) is 0 Å². The summed E-state index contributed by atoms with van der Waals surface area (Å²) in [5, 5.41) is 9.40. The molecule has 4 nitrogen and oxygen atoms in total. The van der Waals surface area contributed by atoms with Crippen molar-refractivity contribution in [3.05, 3.63) is 0 Å². The molecule has 1 N–H and O–H groups in total. The Labute approximate surface area is 134 Å². The molecule has 1 aliphatic carbocycles. The van der Waals surface area contributed by atoms with Gasteiger partial charge < -0.3 is 9.84 Å². The molecule has 1 fully saturated rings. The number of unbranched alkanes of at least 4 members (excludes halogenated alkanes) is 3. The van der Waals surface area contributed by atoms with Gasteiger partial charge in [0.2, 0.25) is 0 Å². The zero-order valence-corrected chi connectivity index (χ0v) is 14.2. The molecule has 22 heavy (non-hydrogen) atoms. The number of aliphatic hydroxyl groups is 1. The molecule has 1 aliphatic rings. The second-order valence-electron chi connectivity index (χ2n) is 6.56. The molecule has 0 aromatic rings. The van der Waals surface area contributed by atoms with E-state index in [0.29, 0.717) is 24.7 Å². The summed E-state index contributed by atoms with van der Waals surface area (Å²) in [5.41, 5.74) is 0. The number of esters is 1. The van der Waals surface area contributed by atoms with E-state index in [9.17, 15) is 14.7 Å². The Balaban J connectivity index is 2.13. The van der Waals surface area contributed by atoms with Crippen molar-refractivity contribution < 1.29 is 19.4 Å². The van der Waals surface area contributed by atoms with E-state index in [4.69, 9.17) is 4.74 Å². The Kier molecular flexibility index (Phi) is 9.37. The number of Topliss-reactive ketones (excluding diaryl/α,β-unsaturated/α-hetero) is 1. The van der Waals surface area contributed by atoms with Crippen LogP contribution < -0.4 is 0 Å². The molecule has 0 saturated heterocycles. The highest BCUT2D eigenvalue weighted by Crippen LogP contribution is 2.36. The van der Waals surface area contributed by atoms with Crippen molar-refractivity contribution in [2.24, 2.45) is 11.8 Å². The predicted molar refractivity (Wildman–Crippen MR) is 86.5 cm³/mol. The third-order valence-corrected chi connectivity index (χ3v) is 4.65. The molecule has 3 atom stereocenters. The minimum Gasteiger partial charge on any atom is -0.466 e. The summed E-state index contributed by atoms with van der Waals surface area (Å²) in [6.07, 6.45) is 8.74. The predicted octanol–water partition coefficient (Wildman–Crippen LogP) is 3.65. The van der Waals surface area contributed by atoms with E-state index in [0.717, 1.165) is 57.8 Å². The van der Waals surface area contributed by atoms with E-state index in [1.54, 1.807) is 0 Å². The van der Waals surface area contributed by atoms with Crippen LogP contribution in [-0.4, -0.2) is 29.6 Å². The second-order valence-corrected chi connectivity index (χ2v) is 6.56. The molecule has 4 heteroatoms. The van der Waals surface area contributed by atoms with Gasteiger partial charge in [0, 0.05) is 18.8 Å². The summed E-state index contributed by atoms with van der Waals surface area (Å²) in [5.74, 6) is 0.999. The maximum Gasteiger partial charge on any atom is 0.305 e. The fraction of sp³-hybridized carbons (Fsp3) is 0.889. The van der Waals surface area contributed by atoms with Crippen LogP contribution in [0.5, 0.6) is 0 Å². The van der Waals surface area contributed by atoms with Crippen LogP contribution in [0, 0.1) is 11.8 Å². The van der Waals surface area contributed by atoms with Gasteiger partial charge in [0.25, 0.3) is 0 Å². The van der Waals surface area contributed by atoms with Crippen molar-refractivity contribution >= 4 is 11.8 Å². The molecule has 0 aromatic carbocycles. The van der Waals surface area contributed by atoms with Crippen LogP contribution in [0.4, 0.5) is 0 Å². The van der Waals surface area contributed by atoms with E-state index < -0.39 is 0 Å². The lowest BCUT2D eigenvalue weighted by molar-refractivity contribution is -0.143. The van der Waals surface area contributed by atoms with Crippen LogP contribution in [0.3, 0.4) is 0 Å². The Morgan fingerprint density at radius 2 is 2.00 bits per heavy atom. The summed E-state index contributed by atoms with van der Waals surface area (Å²) in [6, 6.07) is 0. The number of carbonyl (C=O) groups is 2. The van der Waals surface area contributed by atoms with E-state index in [1.165, 1.54) is 0 Å². The minimum absolute atomic E-state index is 0.105. The topological polar surface area (TPSA) is 63.6 Å². The molecule has 0 heterocycles. The summed E-state index contributed by atoms with van der Waals surface area (Å²) in [6.45, 7) is 4.09. The minimum atomic E-state index is -0.265. The zero-order chi connectivity index (χ0) is 16.4. The van der Waals surface area contributed by atoms with Crippen LogP contribution in [0.2, 0.25) is 0 Å². The first-order chi connectivity index (χ1) is 10.5. The lowest BCUT2D eigenvalue weighted by Gasteiger charge is -2.19. The summed E-state index contributed by atoms with van der Waals surface area (Å²) in [4.78, 5) is 23.2. The monoisotopic (exact) mass is 312 g/mol. The van der Waals surface area contributed by atoms with E-state index in [-0.39, 0.29) is 18.0 Å². The number of rotatable bonds is 11. The first kappa shape index (κ1) is 19.1. The fourth-order valence-electron chi connectivity index (χ4n) is 3.39. The molecular weight excluding hydrogens is 280 g/mol. The SMILES string of the molecule is CCOC(=O)CCCCCC[C@@H]1C(=O)CC[C@@H]1CCC(C)O. The highest BCUT2D eigenvalue weighted by atomic mass is 16.5. The van der Waals surface area contributed by atoms with Crippen LogP contribution >= 0.6 is 0 Å². The highest BCUT2D eigenvalue weighted by Gasteiger charge is 2.33. The van der Waals surface area contributed by atoms with E-state index in [2.05, 4.69) is 0 Å². The van der Waals surface area contributed by atoms with Crippen molar-refractivity contribution in [3.63, 3.8) is 0 Å². The standard InChI is InChI=1S/C18H32O4/c1-3-22-18(21)9-7-5-4-6-8-16-15(11-10-14(2)19)12-13-17(16)20/h14-16,19H,3-13H2,1-2H3/t14?,15-,16-/m0/s1. The van der Waals surface area contributed by atoms with E-state index in [1.807, 2.05) is 13.8 Å². The number of hydrogen-bond acceptors (Lipinski definition) is 4. The van der Waals surface area contributed by atoms with Gasteiger partial charge in [0.1, 0.15) is 5.78 Å². The van der Waals surface area contributed by atoms with Crippen molar-refractivity contribution in [3.8, 4) is 0 Å². The second kappa shape index (κ2) is 10.8. The molecule has 0 amide bonds. The number of carbonyl (C=O) groups excluding carboxylic acids is 2. The average Bonchev–Trinajstić information content (AvgIpc) is 2.81. The fourth-order valence-corrected chi connectivity index (χ4v) is 3.39. The lowest BCUT2D eigenvalue weighted by Crippen LogP contribution is -2.16. The number of ketones is 1. The van der Waals surface area contributed by atoms with E-state index >= 15 is 0 Å². The molecule has 0 radical (unpaired) electrons. The smallest absolute Gasteiger partial charge is 0.305 e. The number of aliphatic hydroxyl groups excluding tert-OH is 1. The Bertz CT molecular complexity index is 338. The van der Waals surface area contributed by atoms with Crippen molar-refractivity contribution in [1.82, 2.24) is 0 Å². The normalized spacial score (nSPS) is 22.8. The Morgan fingerprint density at radius 3 is 2.68 bits per heavy atom. The maximum absolute atomic E-state index is 12.0. The highest BCUT2D eigenvalue weighted by molar-refractivity contribution is 5.83. The van der Waals surface area contributed by atoms with Crippen LogP contribution in [0.1, 0.15) is 78.1 Å². The third kappa shape index (κ3) is 7.39. The van der Waals surface area contributed by atoms with Crippen molar-refractivity contribution in [1.29, 1.82) is 0 Å². The summed E-state index contributed by atoms with van der Waals surface area (Å²) in [7, 11) is 0. The van der Waals surface area contributed by atoms with Crippen LogP contribution in [0.25, 0.3) is 0 Å². The average molecular weight is 312 g/mol.